The van der Waals surface area contributed by atoms with E-state index >= 15 is 0 Å². The Morgan fingerprint density at radius 2 is 1.72 bits per heavy atom. The normalized spacial score (nSPS) is 19.2. The quantitative estimate of drug-likeness (QED) is 0.0226. The fourth-order valence-electron chi connectivity index (χ4n) is 5.77. The molecule has 14 heteroatoms. The Morgan fingerprint density at radius 3 is 2.44 bits per heavy atom. The summed E-state index contributed by atoms with van der Waals surface area (Å²) in [6, 6.07) is 18.6. The third kappa shape index (κ3) is 14.3. The number of carbonyl (C=O) groups excluding carboxylic acids is 2. The van der Waals surface area contributed by atoms with Crippen LogP contribution >= 0.6 is 11.6 Å². The summed E-state index contributed by atoms with van der Waals surface area (Å²) in [5.41, 5.74) is 2.04. The Balaban J connectivity index is 1.16. The van der Waals surface area contributed by atoms with Crippen LogP contribution in [-0.2, 0) is 32.4 Å². The molecule has 3 aromatic rings. The summed E-state index contributed by atoms with van der Waals surface area (Å²) >= 11 is 5.97. The number of esters is 2. The molecule has 1 aliphatic carbocycles. The molecule has 0 saturated heterocycles. The number of benzene rings is 3. The standard InChI is InChI=1S/C40H46ClNO12/c1-50-38-21-27(16-20-39(46)52-24-28-11-13-29(14-12-28)25-53-42(48)49)15-19-37(38)54-40(47)10-5-3-2-4-9-33-34(36(45)23-35(33)44)18-17-31(43)26-51-32-8-6-7-30(41)22-32/h2,4,6-8,11-22,31,33-36,43-45,48-49H,3,5,9-10,23-26H2,1H3/b4-2-,18-17+,20-16+/t31-,33-,34-,35+,36-/m1/s1. The molecule has 0 amide bonds. The maximum Gasteiger partial charge on any atom is 0.331 e. The van der Waals surface area contributed by atoms with Crippen LogP contribution in [0.1, 0.15) is 48.8 Å². The van der Waals surface area contributed by atoms with Gasteiger partial charge in [0.1, 0.15) is 25.1 Å². The summed E-state index contributed by atoms with van der Waals surface area (Å²) in [7, 11) is 1.44. The minimum absolute atomic E-state index is 0.0145. The fraction of sp³-hybridized carbons (Fsp3) is 0.350. The second kappa shape index (κ2) is 22.0. The lowest BCUT2D eigenvalue weighted by Gasteiger charge is -2.19. The second-order valence-electron chi connectivity index (χ2n) is 12.6. The van der Waals surface area contributed by atoms with E-state index in [0.29, 0.717) is 46.9 Å². The van der Waals surface area contributed by atoms with Gasteiger partial charge in [-0.2, -0.15) is 0 Å². The van der Waals surface area contributed by atoms with Crippen LogP contribution in [0.3, 0.4) is 0 Å². The number of unbranched alkanes of at least 4 members (excludes halogenated alkanes) is 1. The van der Waals surface area contributed by atoms with E-state index in [9.17, 15) is 24.9 Å². The number of nitrogens with zero attached hydrogens (tertiary/aromatic N) is 1. The maximum atomic E-state index is 12.6. The van der Waals surface area contributed by atoms with Crippen LogP contribution in [0.25, 0.3) is 6.08 Å². The molecule has 0 aliphatic heterocycles. The number of hydrogen-bond acceptors (Lipinski definition) is 13. The van der Waals surface area contributed by atoms with Gasteiger partial charge >= 0.3 is 11.9 Å². The Hall–Kier alpha value is -4.57. The third-order valence-corrected chi connectivity index (χ3v) is 8.82. The highest BCUT2D eigenvalue weighted by molar-refractivity contribution is 6.30. The van der Waals surface area contributed by atoms with E-state index in [1.165, 1.54) is 13.2 Å². The topological polar surface area (TPSA) is 185 Å². The molecular formula is C40H46ClNO12. The minimum Gasteiger partial charge on any atom is -0.493 e. The van der Waals surface area contributed by atoms with Crippen molar-refractivity contribution in [1.29, 1.82) is 0 Å². The molecule has 0 heterocycles. The molecule has 0 unspecified atom stereocenters. The molecule has 1 aliphatic rings. The van der Waals surface area contributed by atoms with Gasteiger partial charge in [0.15, 0.2) is 11.5 Å². The molecule has 1 saturated carbocycles. The van der Waals surface area contributed by atoms with Crippen LogP contribution in [0.2, 0.25) is 5.02 Å². The summed E-state index contributed by atoms with van der Waals surface area (Å²) < 4.78 is 21.8. The van der Waals surface area contributed by atoms with Crippen molar-refractivity contribution in [3.8, 4) is 17.2 Å². The van der Waals surface area contributed by atoms with Crippen molar-refractivity contribution < 1.29 is 59.1 Å². The van der Waals surface area contributed by atoms with Crippen LogP contribution in [-0.4, -0.2) is 75.1 Å². The van der Waals surface area contributed by atoms with E-state index < -0.39 is 30.3 Å². The Labute approximate surface area is 318 Å². The van der Waals surface area contributed by atoms with Crippen LogP contribution in [0.15, 0.2) is 97.1 Å². The molecule has 0 aromatic heterocycles. The molecular weight excluding hydrogens is 722 g/mol. The number of carbonyl (C=O) groups is 2. The van der Waals surface area contributed by atoms with Gasteiger partial charge in [0.05, 0.1) is 31.3 Å². The first kappa shape index (κ1) is 42.2. The van der Waals surface area contributed by atoms with Gasteiger partial charge in [-0.3, -0.25) is 15.2 Å². The van der Waals surface area contributed by atoms with E-state index in [1.54, 1.807) is 85.0 Å². The van der Waals surface area contributed by atoms with Gasteiger partial charge in [-0.1, -0.05) is 72.3 Å². The number of ether oxygens (including phenoxy) is 4. The van der Waals surface area contributed by atoms with Gasteiger partial charge < -0.3 is 34.3 Å². The highest BCUT2D eigenvalue weighted by Gasteiger charge is 2.39. The number of aliphatic hydroxyl groups is 3. The Morgan fingerprint density at radius 1 is 0.963 bits per heavy atom. The lowest BCUT2D eigenvalue weighted by atomic mass is 9.89. The number of methoxy groups -OCH3 is 1. The minimum atomic E-state index is -0.906. The lowest BCUT2D eigenvalue weighted by Crippen LogP contribution is -2.21. The van der Waals surface area contributed by atoms with Crippen LogP contribution in [0.5, 0.6) is 17.2 Å². The molecule has 54 heavy (non-hydrogen) atoms. The largest absolute Gasteiger partial charge is 0.493 e. The number of aliphatic hydroxyl groups excluding tert-OH is 3. The van der Waals surface area contributed by atoms with E-state index in [0.717, 1.165) is 5.56 Å². The van der Waals surface area contributed by atoms with Gasteiger partial charge in [-0.25, -0.2) is 9.63 Å². The van der Waals surface area contributed by atoms with Crippen molar-refractivity contribution in [2.45, 2.75) is 63.6 Å². The molecule has 13 nitrogen and oxygen atoms in total. The maximum absolute atomic E-state index is 12.6. The number of rotatable bonds is 20. The average Bonchev–Trinajstić information content (AvgIpc) is 3.43. The molecule has 5 atom stereocenters. The zero-order chi connectivity index (χ0) is 38.9. The Kier molecular flexibility index (Phi) is 17.2. The van der Waals surface area contributed by atoms with Crippen molar-refractivity contribution in [3.05, 3.63) is 119 Å². The van der Waals surface area contributed by atoms with Gasteiger partial charge in [0.25, 0.3) is 0 Å². The van der Waals surface area contributed by atoms with Crippen molar-refractivity contribution in [3.63, 3.8) is 0 Å². The zero-order valence-corrected chi connectivity index (χ0v) is 30.5. The Bertz CT molecular complexity index is 1730. The molecule has 0 radical (unpaired) electrons. The van der Waals surface area contributed by atoms with Crippen LogP contribution < -0.4 is 14.2 Å². The molecule has 4 rings (SSSR count). The predicted molar refractivity (Wildman–Crippen MR) is 197 cm³/mol. The highest BCUT2D eigenvalue weighted by Crippen LogP contribution is 2.36. The molecule has 0 bridgehead atoms. The number of hydrogen-bond donors (Lipinski definition) is 5. The smallest absolute Gasteiger partial charge is 0.331 e. The third-order valence-electron chi connectivity index (χ3n) is 8.59. The van der Waals surface area contributed by atoms with Crippen molar-refractivity contribution in [1.82, 2.24) is 5.39 Å². The molecule has 0 spiro atoms. The summed E-state index contributed by atoms with van der Waals surface area (Å²) in [5, 5.41) is 48.9. The second-order valence-corrected chi connectivity index (χ2v) is 13.0. The van der Waals surface area contributed by atoms with Crippen LogP contribution in [0, 0.1) is 11.8 Å². The average molecular weight is 768 g/mol. The molecule has 5 N–H and O–H groups in total. The first-order chi connectivity index (χ1) is 26.0. The van der Waals surface area contributed by atoms with Gasteiger partial charge in [-0.15, -0.1) is 0 Å². The van der Waals surface area contributed by atoms with Gasteiger partial charge in [-0.05, 0) is 78.3 Å². The van der Waals surface area contributed by atoms with Gasteiger partial charge in [0, 0.05) is 29.9 Å². The molecule has 290 valence electrons. The summed E-state index contributed by atoms with van der Waals surface area (Å²) in [6.45, 7) is 0.00226. The number of allylic oxidation sites excluding steroid dienone is 2. The van der Waals surface area contributed by atoms with Crippen molar-refractivity contribution >= 4 is 29.6 Å². The summed E-state index contributed by atoms with van der Waals surface area (Å²) in [5.74, 6) is -0.470. The molecule has 1 fully saturated rings. The fourth-order valence-corrected chi connectivity index (χ4v) is 5.95. The monoisotopic (exact) mass is 767 g/mol. The first-order valence-corrected chi connectivity index (χ1v) is 17.8. The van der Waals surface area contributed by atoms with Crippen LogP contribution in [0.4, 0.5) is 0 Å². The summed E-state index contributed by atoms with van der Waals surface area (Å²) in [6.07, 6.45) is 9.72. The molecule has 3 aromatic carbocycles. The number of halogens is 1. The van der Waals surface area contributed by atoms with E-state index in [4.69, 9.17) is 41.0 Å². The van der Waals surface area contributed by atoms with E-state index in [2.05, 4.69) is 4.84 Å². The van der Waals surface area contributed by atoms with E-state index in [1.807, 2.05) is 12.2 Å². The first-order valence-electron chi connectivity index (χ1n) is 17.4. The SMILES string of the molecule is COc1cc(/C=C/C(=O)OCc2ccc(CON(O)O)cc2)ccc1OC(=O)CCC/C=C\C[C@@H]1[C@@H](/C=C/[C@@H](O)COc2cccc(Cl)c2)[C@H](O)C[C@@H]1O. The highest BCUT2D eigenvalue weighted by atomic mass is 35.5. The zero-order valence-electron chi connectivity index (χ0n) is 29.8. The van der Waals surface area contributed by atoms with Crippen molar-refractivity contribution in [2.75, 3.05) is 13.7 Å². The predicted octanol–water partition coefficient (Wildman–Crippen LogP) is 5.99. The summed E-state index contributed by atoms with van der Waals surface area (Å²) in [4.78, 5) is 29.4. The van der Waals surface area contributed by atoms with E-state index in [-0.39, 0.29) is 55.6 Å². The lowest BCUT2D eigenvalue weighted by molar-refractivity contribution is -0.497. The van der Waals surface area contributed by atoms with Gasteiger partial charge in [0.2, 0.25) is 0 Å². The van der Waals surface area contributed by atoms with Crippen molar-refractivity contribution in [2.24, 2.45) is 11.8 Å².